The number of benzene rings is 2. The first-order valence-corrected chi connectivity index (χ1v) is 9.84. The van der Waals surface area contributed by atoms with Crippen LogP contribution in [0.25, 0.3) is 10.8 Å². The molecule has 1 N–H and O–H groups in total. The Morgan fingerprint density at radius 1 is 1.23 bits per heavy atom. The van der Waals surface area contributed by atoms with Crippen molar-refractivity contribution in [2.45, 2.75) is 10.9 Å². The van der Waals surface area contributed by atoms with Crippen LogP contribution >= 0.6 is 23.1 Å². The van der Waals surface area contributed by atoms with E-state index in [1.54, 1.807) is 19.1 Å². The second-order valence-electron chi connectivity index (χ2n) is 5.71. The van der Waals surface area contributed by atoms with E-state index in [0.717, 1.165) is 31.6 Å². The number of methoxy groups -OCH3 is 1. The number of rotatable bonds is 7. The summed E-state index contributed by atoms with van der Waals surface area (Å²) in [6.07, 6.45) is 0. The summed E-state index contributed by atoms with van der Waals surface area (Å²) in [5.74, 6) is 1.25. The molecule has 0 unspecified atom stereocenters. The van der Waals surface area contributed by atoms with Gasteiger partial charge < -0.3 is 15.0 Å². The maximum absolute atomic E-state index is 12.4. The highest BCUT2D eigenvalue weighted by atomic mass is 32.2. The summed E-state index contributed by atoms with van der Waals surface area (Å²) in [4.78, 5) is 14.1. The maximum atomic E-state index is 12.4. The minimum atomic E-state index is 0.0611. The molecule has 0 aliphatic heterocycles. The minimum Gasteiger partial charge on any atom is -0.497 e. The van der Waals surface area contributed by atoms with Gasteiger partial charge in [-0.25, -0.2) is 0 Å². The first kappa shape index (κ1) is 18.5. The van der Waals surface area contributed by atoms with Crippen LogP contribution in [0.3, 0.4) is 0 Å². The fourth-order valence-electron chi connectivity index (χ4n) is 2.46. The van der Waals surface area contributed by atoms with Crippen molar-refractivity contribution in [3.8, 4) is 5.75 Å². The SMILES string of the molecule is CNc1nnc(SCC(=O)N(C)Cc2ccc3cc(OC)ccc3c2)s1. The van der Waals surface area contributed by atoms with Crippen LogP contribution in [-0.4, -0.2) is 48.0 Å². The molecule has 136 valence electrons. The second kappa shape index (κ2) is 8.37. The van der Waals surface area contributed by atoms with E-state index in [9.17, 15) is 4.79 Å². The van der Waals surface area contributed by atoms with Crippen molar-refractivity contribution in [2.75, 3.05) is 32.3 Å². The van der Waals surface area contributed by atoms with E-state index in [2.05, 4.69) is 27.6 Å². The van der Waals surface area contributed by atoms with Gasteiger partial charge >= 0.3 is 0 Å². The number of fused-ring (bicyclic) bond motifs is 1. The number of anilines is 1. The summed E-state index contributed by atoms with van der Waals surface area (Å²) in [5, 5.41) is 14.0. The highest BCUT2D eigenvalue weighted by Gasteiger charge is 2.12. The molecule has 6 nitrogen and oxygen atoms in total. The van der Waals surface area contributed by atoms with E-state index in [1.165, 1.54) is 23.1 Å². The number of amides is 1. The summed E-state index contributed by atoms with van der Waals surface area (Å²) in [5.41, 5.74) is 1.09. The molecule has 0 saturated heterocycles. The van der Waals surface area contributed by atoms with Crippen LogP contribution in [0.1, 0.15) is 5.56 Å². The van der Waals surface area contributed by atoms with Crippen LogP contribution in [0, 0.1) is 0 Å². The fourth-order valence-corrected chi connectivity index (χ4v) is 4.11. The van der Waals surface area contributed by atoms with Gasteiger partial charge in [0.15, 0.2) is 4.34 Å². The third-order valence-corrected chi connectivity index (χ3v) is 5.96. The second-order valence-corrected chi connectivity index (χ2v) is 7.91. The molecule has 1 amide bonds. The molecule has 0 fully saturated rings. The molecular formula is C18H20N4O2S2. The molecule has 0 atom stereocenters. The average molecular weight is 389 g/mol. The minimum absolute atomic E-state index is 0.0611. The lowest BCUT2D eigenvalue weighted by Crippen LogP contribution is -2.27. The van der Waals surface area contributed by atoms with Gasteiger partial charge in [0.1, 0.15) is 5.75 Å². The Morgan fingerprint density at radius 3 is 2.73 bits per heavy atom. The molecule has 1 heterocycles. The lowest BCUT2D eigenvalue weighted by molar-refractivity contribution is -0.127. The van der Waals surface area contributed by atoms with Crippen molar-refractivity contribution in [2.24, 2.45) is 0 Å². The zero-order valence-electron chi connectivity index (χ0n) is 14.9. The molecule has 0 radical (unpaired) electrons. The molecule has 3 aromatic rings. The molecule has 3 rings (SSSR count). The van der Waals surface area contributed by atoms with Gasteiger partial charge in [-0.3, -0.25) is 4.79 Å². The van der Waals surface area contributed by atoms with Gasteiger partial charge in [0.2, 0.25) is 11.0 Å². The number of hydrogen-bond donors (Lipinski definition) is 1. The zero-order valence-corrected chi connectivity index (χ0v) is 16.5. The predicted octanol–water partition coefficient (Wildman–Crippen LogP) is 3.49. The first-order chi connectivity index (χ1) is 12.6. The number of nitrogens with one attached hydrogen (secondary N) is 1. The van der Waals surface area contributed by atoms with E-state index in [1.807, 2.05) is 31.3 Å². The number of thioether (sulfide) groups is 1. The quantitative estimate of drug-likeness (QED) is 0.625. The Morgan fingerprint density at radius 2 is 2.00 bits per heavy atom. The summed E-state index contributed by atoms with van der Waals surface area (Å²) in [6, 6.07) is 12.2. The highest BCUT2D eigenvalue weighted by Crippen LogP contribution is 2.26. The standard InChI is InChI=1S/C18H20N4O2S2/c1-19-17-20-21-18(26-17)25-11-16(23)22(2)10-12-4-5-14-9-15(24-3)7-6-13(14)8-12/h4-9H,10-11H2,1-3H3,(H,19,20). The number of ether oxygens (including phenoxy) is 1. The number of nitrogens with zero attached hydrogens (tertiary/aromatic N) is 3. The van der Waals surface area contributed by atoms with Crippen LogP contribution in [-0.2, 0) is 11.3 Å². The van der Waals surface area contributed by atoms with Crippen molar-refractivity contribution >= 4 is 44.9 Å². The van der Waals surface area contributed by atoms with Crippen LogP contribution in [0.4, 0.5) is 5.13 Å². The molecule has 0 bridgehead atoms. The van der Waals surface area contributed by atoms with Gasteiger partial charge in [-0.15, -0.1) is 10.2 Å². The summed E-state index contributed by atoms with van der Waals surface area (Å²) in [6.45, 7) is 0.569. The van der Waals surface area contributed by atoms with Gasteiger partial charge in [0.25, 0.3) is 0 Å². The third-order valence-electron chi connectivity index (χ3n) is 3.90. The molecule has 2 aromatic carbocycles. The molecule has 8 heteroatoms. The van der Waals surface area contributed by atoms with E-state index in [4.69, 9.17) is 4.74 Å². The van der Waals surface area contributed by atoms with Gasteiger partial charge in [-0.2, -0.15) is 0 Å². The fraction of sp³-hybridized carbons (Fsp3) is 0.278. The topological polar surface area (TPSA) is 67.4 Å². The number of aromatic nitrogens is 2. The molecular weight excluding hydrogens is 368 g/mol. The summed E-state index contributed by atoms with van der Waals surface area (Å²) >= 11 is 2.85. The Balaban J connectivity index is 1.60. The van der Waals surface area contributed by atoms with E-state index in [0.29, 0.717) is 12.3 Å². The molecule has 0 aliphatic carbocycles. The first-order valence-electron chi connectivity index (χ1n) is 8.03. The number of hydrogen-bond acceptors (Lipinski definition) is 7. The monoisotopic (exact) mass is 388 g/mol. The number of carbonyl (C=O) groups excluding carboxylic acids is 1. The highest BCUT2D eigenvalue weighted by molar-refractivity contribution is 8.01. The molecule has 0 spiro atoms. The third kappa shape index (κ3) is 4.44. The Hall–Kier alpha value is -2.32. The van der Waals surface area contributed by atoms with E-state index in [-0.39, 0.29) is 5.91 Å². The Labute approximate surface area is 160 Å². The van der Waals surface area contributed by atoms with Crippen molar-refractivity contribution < 1.29 is 9.53 Å². The molecule has 1 aromatic heterocycles. The van der Waals surface area contributed by atoms with Crippen LogP contribution in [0.5, 0.6) is 5.75 Å². The van der Waals surface area contributed by atoms with Gasteiger partial charge in [0, 0.05) is 20.6 Å². The van der Waals surface area contributed by atoms with Crippen molar-refractivity contribution in [1.29, 1.82) is 0 Å². The Bertz CT molecular complexity index is 913. The Kier molecular flexibility index (Phi) is 5.95. The van der Waals surface area contributed by atoms with Crippen LogP contribution in [0.15, 0.2) is 40.7 Å². The van der Waals surface area contributed by atoms with Crippen LogP contribution in [0.2, 0.25) is 0 Å². The molecule has 26 heavy (non-hydrogen) atoms. The number of carbonyl (C=O) groups is 1. The zero-order chi connectivity index (χ0) is 18.5. The van der Waals surface area contributed by atoms with Crippen molar-refractivity contribution in [3.63, 3.8) is 0 Å². The summed E-state index contributed by atoms with van der Waals surface area (Å²) < 4.78 is 6.04. The van der Waals surface area contributed by atoms with E-state index >= 15 is 0 Å². The van der Waals surface area contributed by atoms with Gasteiger partial charge in [0.05, 0.1) is 12.9 Å². The molecule has 0 aliphatic rings. The van der Waals surface area contributed by atoms with Crippen molar-refractivity contribution in [3.05, 3.63) is 42.0 Å². The van der Waals surface area contributed by atoms with Crippen LogP contribution < -0.4 is 10.1 Å². The smallest absolute Gasteiger partial charge is 0.233 e. The molecule has 0 saturated carbocycles. The lowest BCUT2D eigenvalue weighted by Gasteiger charge is -2.17. The van der Waals surface area contributed by atoms with E-state index < -0.39 is 0 Å². The average Bonchev–Trinajstić information content (AvgIpc) is 3.13. The largest absolute Gasteiger partial charge is 0.497 e. The normalized spacial score (nSPS) is 10.7. The summed E-state index contributed by atoms with van der Waals surface area (Å²) in [7, 11) is 5.28. The van der Waals surface area contributed by atoms with Gasteiger partial charge in [-0.1, -0.05) is 41.3 Å². The maximum Gasteiger partial charge on any atom is 0.233 e. The lowest BCUT2D eigenvalue weighted by atomic mass is 10.1. The van der Waals surface area contributed by atoms with Crippen molar-refractivity contribution in [1.82, 2.24) is 15.1 Å². The predicted molar refractivity (Wildman–Crippen MR) is 107 cm³/mol. The van der Waals surface area contributed by atoms with Gasteiger partial charge in [-0.05, 0) is 34.5 Å².